The minimum Gasteiger partial charge on any atom is -0.456 e. The van der Waals surface area contributed by atoms with Crippen molar-refractivity contribution >= 4 is 153 Å². The van der Waals surface area contributed by atoms with Gasteiger partial charge >= 0.3 is 19.1 Å². The van der Waals surface area contributed by atoms with Gasteiger partial charge in [0.25, 0.3) is 0 Å². The van der Waals surface area contributed by atoms with Crippen molar-refractivity contribution in [2.75, 3.05) is 64.7 Å². The van der Waals surface area contributed by atoms with Gasteiger partial charge in [-0.05, 0) is 147 Å². The van der Waals surface area contributed by atoms with Gasteiger partial charge in [0.15, 0.2) is 35.1 Å². The van der Waals surface area contributed by atoms with Gasteiger partial charge in [-0.15, -0.1) is 0 Å². The van der Waals surface area contributed by atoms with E-state index >= 15 is 0 Å². The minimum atomic E-state index is -2.28. The molecule has 5 aliphatic heterocycles. The first-order chi connectivity index (χ1) is 50.8. The van der Waals surface area contributed by atoms with E-state index in [-0.39, 0.29) is 45.5 Å². The van der Waals surface area contributed by atoms with Crippen LogP contribution in [-0.2, 0) is 70.6 Å². The molecule has 0 radical (unpaired) electrons. The molecule has 0 amide bonds. The van der Waals surface area contributed by atoms with Crippen LogP contribution in [0.3, 0.4) is 0 Å². The molecular weight excluding hydrogens is 1700 g/mol. The number of hydrogen-bond acceptors (Lipinski definition) is 23. The van der Waals surface area contributed by atoms with E-state index in [0.717, 1.165) is 53.4 Å². The van der Waals surface area contributed by atoms with Crippen molar-refractivity contribution in [1.82, 2.24) is 44.0 Å². The Hall–Kier alpha value is -5.25. The first kappa shape index (κ1) is 83.7. The van der Waals surface area contributed by atoms with Gasteiger partial charge in [-0.2, -0.15) is 18.7 Å². The summed E-state index contributed by atoms with van der Waals surface area (Å²) < 4.78 is 98.1. The topological polar surface area (TPSA) is 292 Å². The van der Waals surface area contributed by atoms with Crippen molar-refractivity contribution in [3.05, 3.63) is 139 Å². The third-order valence-corrected chi connectivity index (χ3v) is 24.8. The van der Waals surface area contributed by atoms with Crippen LogP contribution in [0.5, 0.6) is 12.0 Å². The van der Waals surface area contributed by atoms with Crippen LogP contribution in [0.1, 0.15) is 27.7 Å². The molecule has 12 heterocycles. The van der Waals surface area contributed by atoms with Gasteiger partial charge in [-0.25, -0.2) is 33.3 Å². The molecule has 0 spiro atoms. The number of fused-ring (bicyclic) bond motifs is 4. The Kier molecular flexibility index (Phi) is 27.1. The van der Waals surface area contributed by atoms with Crippen LogP contribution >= 0.6 is 71.0 Å². The molecule has 7 aromatic heterocycles. The van der Waals surface area contributed by atoms with E-state index in [0.29, 0.717) is 87.2 Å². The van der Waals surface area contributed by atoms with Crippen LogP contribution in [0.15, 0.2) is 138 Å². The van der Waals surface area contributed by atoms with Crippen LogP contribution < -0.4 is 14.9 Å². The first-order valence-corrected chi connectivity index (χ1v) is 50.2. The number of benzene rings is 2. The predicted octanol–water partition coefficient (Wildman–Crippen LogP) is 14.5. The molecule has 2 aromatic carbocycles. The highest BCUT2D eigenvalue weighted by atomic mass is 79.9. The maximum atomic E-state index is 12.0. The van der Waals surface area contributed by atoms with E-state index in [1.165, 1.54) is 0 Å². The number of aliphatic hydroxyl groups is 2. The number of pyridine rings is 5. The molecule has 8 atom stereocenters. The van der Waals surface area contributed by atoms with Crippen molar-refractivity contribution < 1.29 is 65.8 Å². The number of ether oxygens (including phenoxy) is 8. The second kappa shape index (κ2) is 35.0. The Balaban J connectivity index is 0.000000171. The van der Waals surface area contributed by atoms with E-state index in [4.69, 9.17) is 90.3 Å². The van der Waals surface area contributed by atoms with Crippen molar-refractivity contribution in [2.24, 2.45) is 8.73 Å². The fourth-order valence-corrected chi connectivity index (χ4v) is 15.5. The maximum Gasteiger partial charge on any atom is 0.494 e. The molecule has 14 rings (SSSR count). The van der Waals surface area contributed by atoms with E-state index in [1.54, 1.807) is 67.9 Å². The van der Waals surface area contributed by atoms with Crippen molar-refractivity contribution in [1.29, 1.82) is 0 Å². The van der Waals surface area contributed by atoms with Gasteiger partial charge in [0, 0.05) is 118 Å². The van der Waals surface area contributed by atoms with Gasteiger partial charge in [-0.3, -0.25) is 9.13 Å². The van der Waals surface area contributed by atoms with Gasteiger partial charge in [0.2, 0.25) is 0 Å². The van der Waals surface area contributed by atoms with Gasteiger partial charge in [-0.1, -0.05) is 111 Å². The van der Waals surface area contributed by atoms with Crippen LogP contribution in [0.4, 0.5) is 11.6 Å². The lowest BCUT2D eigenvalue weighted by Gasteiger charge is -2.32. The standard InChI is InChI=1S/C31H38ClN5O6SSi.C30H41BClN3O7Si.C7H9BrN2OS.C5H3Br2N/c1-44(2,39)36-26-11-10-21(15-33-26)19-6-8-20(9-7-19)27-22(32)14-23-30(35-27)37(18-40-12-13-45(3,4)5)31(34-23)43-25-17-42-28-24(38)16-41-29(25)28;1-29(2)30(3,4)42-31(41-29)19-10-8-18(9-11-19)24-20(32)14-21-27(34-24)35(17-37-12-13-43(5,6)7)28(33-21)40-23-16-39-25-22(36)15-38-26(23)25;1-12(2,11)10-7-4-3-6(8)5-9-7;6-4-1-2-5(7)8-3-4/h6-11,14-15,24-25,28-29,38H,12-13,16-18H2,1-5H3;8-11,14,22-23,25-26,36H,12-13,15-17H2,1-7H3;3-5H,1-2H3;1-3H/t24-,25-,28-,29-;22-,23-,25-,26-;;/m11../s1. The molecule has 0 bridgehead atoms. The lowest BCUT2D eigenvalue weighted by Crippen LogP contribution is -2.41. The second-order valence-corrected chi connectivity index (χ2v) is 50.5. The summed E-state index contributed by atoms with van der Waals surface area (Å²) in [5.41, 5.74) is 7.19. The molecule has 0 unspecified atom stereocenters. The summed E-state index contributed by atoms with van der Waals surface area (Å²) in [4.78, 5) is 31.7. The highest BCUT2D eigenvalue weighted by Crippen LogP contribution is 2.40. The smallest absolute Gasteiger partial charge is 0.456 e. The molecule has 5 fully saturated rings. The van der Waals surface area contributed by atoms with E-state index in [2.05, 4.69) is 111 Å². The number of halogens is 5. The molecule has 0 aliphatic carbocycles. The van der Waals surface area contributed by atoms with Crippen LogP contribution in [0.2, 0.25) is 61.4 Å². The quantitative estimate of drug-likeness (QED) is 0.0407. The molecule has 35 heteroatoms. The number of aliphatic hydroxyl groups excluding tert-OH is 2. The zero-order chi connectivity index (χ0) is 77.8. The third kappa shape index (κ3) is 21.9. The lowest BCUT2D eigenvalue weighted by atomic mass is 9.79. The Morgan fingerprint density at radius 1 is 0.537 bits per heavy atom. The summed E-state index contributed by atoms with van der Waals surface area (Å²) in [6, 6.07) is 33.1. The Morgan fingerprint density at radius 3 is 1.32 bits per heavy atom. The molecule has 580 valence electrons. The zero-order valence-electron chi connectivity index (χ0n) is 62.7. The summed E-state index contributed by atoms with van der Waals surface area (Å²) in [5, 5.41) is 21.3. The summed E-state index contributed by atoms with van der Waals surface area (Å²) in [5.74, 6) is 0.945. The van der Waals surface area contributed by atoms with Crippen LogP contribution in [0, 0.1) is 0 Å². The Morgan fingerprint density at radius 2 is 0.935 bits per heavy atom. The molecule has 9 aromatic rings. The van der Waals surface area contributed by atoms with Crippen molar-refractivity contribution in [3.63, 3.8) is 0 Å². The molecule has 5 aliphatic rings. The molecule has 108 heavy (non-hydrogen) atoms. The highest BCUT2D eigenvalue weighted by molar-refractivity contribution is 9.11. The average molecular weight is 1790 g/mol. The maximum absolute atomic E-state index is 12.0. The predicted molar refractivity (Wildman–Crippen MR) is 439 cm³/mol. The van der Waals surface area contributed by atoms with Crippen molar-refractivity contribution in [2.45, 2.75) is 153 Å². The number of aromatic nitrogens is 9. The Bertz CT molecular complexity index is 4830. The van der Waals surface area contributed by atoms with Crippen LogP contribution in [-0.4, -0.2) is 211 Å². The summed E-state index contributed by atoms with van der Waals surface area (Å²) >= 11 is 23.3. The Labute approximate surface area is 668 Å². The van der Waals surface area contributed by atoms with Gasteiger partial charge < -0.3 is 57.4 Å². The number of hydrogen-bond donors (Lipinski definition) is 2. The summed E-state index contributed by atoms with van der Waals surface area (Å²) in [6.45, 7) is 24.7. The fraction of sp³-hybridized carbons (Fsp3) is 0.466. The second-order valence-electron chi connectivity index (χ2n) is 30.7. The zero-order valence-corrected chi connectivity index (χ0v) is 72.6. The fourth-order valence-electron chi connectivity index (χ4n) is 11.7. The summed E-state index contributed by atoms with van der Waals surface area (Å²) in [7, 11) is -7.40. The molecule has 5 saturated heterocycles. The summed E-state index contributed by atoms with van der Waals surface area (Å²) in [6.07, 6.45) is 7.63. The lowest BCUT2D eigenvalue weighted by molar-refractivity contribution is 0.00332. The van der Waals surface area contributed by atoms with Gasteiger partial charge in [0.1, 0.15) is 65.7 Å². The normalized spacial score (nSPS) is 21.5. The van der Waals surface area contributed by atoms with E-state index < -0.39 is 90.6 Å². The molecular formula is C73H91BBr3Cl2N11O14S2Si2. The molecule has 25 nitrogen and oxygen atoms in total. The largest absolute Gasteiger partial charge is 0.494 e. The molecule has 0 saturated carbocycles. The minimum absolute atomic E-state index is 0.203. The van der Waals surface area contributed by atoms with E-state index in [1.807, 2.05) is 110 Å². The van der Waals surface area contributed by atoms with E-state index in [9.17, 15) is 18.6 Å². The highest BCUT2D eigenvalue weighted by Gasteiger charge is 2.53. The van der Waals surface area contributed by atoms with Gasteiger partial charge in [0.05, 0.1) is 59.1 Å². The SMILES string of the molecule is Brc1ccc(Br)nc1.CC1(C)OB(c2ccc(-c3nc4c(cc3Cl)nc(O[C@@H]3CO[C@H]5[C@@H]3OC[C@H]5O)n4COCC[Si](C)(C)C)cc2)OC1(C)C.CS(C)(=O)=Nc1ccc(Br)cn1.C[Si](C)(C)CCOCn1c(O[C@@H]2CO[C@H]3[C@@H]2OC[C@H]3O)nc2cc(Cl)c(-c3ccc(-c4ccc(N=S(C)(C)=O)nc4)cc3)nc21. The number of rotatable bonds is 20. The van der Waals surface area contributed by atoms with Crippen molar-refractivity contribution in [3.8, 4) is 45.7 Å². The number of imidazole rings is 2. The monoisotopic (exact) mass is 1780 g/mol. The molecule has 2 N–H and O–H groups in total. The number of nitrogens with zero attached hydrogens (tertiary/aromatic N) is 11. The van der Waals surface area contributed by atoms with Crippen LogP contribution in [0.25, 0.3) is 56.0 Å². The first-order valence-electron chi connectivity index (χ1n) is 35.0. The third-order valence-electron chi connectivity index (χ3n) is 18.2. The average Bonchev–Trinajstić information content (AvgIpc) is 1.60.